The van der Waals surface area contributed by atoms with Crippen LogP contribution in [0.5, 0.6) is 11.5 Å². The highest BCUT2D eigenvalue weighted by Gasteiger charge is 2.22. The number of H-pyrrole nitrogens is 1. The van der Waals surface area contributed by atoms with Crippen LogP contribution >= 0.6 is 11.6 Å². The average Bonchev–Trinajstić information content (AvgIpc) is 3.93. The molecule has 12 heteroatoms. The Labute approximate surface area is 362 Å². The molecule has 0 radical (unpaired) electrons. The summed E-state index contributed by atoms with van der Waals surface area (Å²) in [4.78, 5) is 32.1. The number of hydrogen-bond acceptors (Lipinski definition) is 7. The predicted octanol–water partition coefficient (Wildman–Crippen LogP) is 10.5. The lowest BCUT2D eigenvalue weighted by molar-refractivity contribution is -0.139. The molecule has 0 aliphatic heterocycles. The molecule has 0 amide bonds. The Morgan fingerprint density at radius 2 is 1.37 bits per heavy atom. The van der Waals surface area contributed by atoms with Crippen LogP contribution in [0.4, 0.5) is 0 Å². The topological polar surface area (TPSA) is 137 Å². The van der Waals surface area contributed by atoms with E-state index in [1.165, 1.54) is 10.6 Å². The smallest absolute Gasteiger partial charge is 0.341 e. The standard InChI is InChI=1S/C31H26N2O3.C19H15ClN4O2/c1-2-27-30(22-12-5-3-6-13-22)31(23-14-7-4-8-15-23)32-33(27)28-19-10-9-18-26(28)24-16-11-17-25(20-24)36-21-29(34)35;1-12-15(20)8-5-9-16(12)26-11-14-10-17(25)24-19(21-14)22-18(23-24)13-6-3-2-4-7-13/h3-20H,2,21H2,1H3,(H,34,35);2-10H,11H2,1H3,(H,21,22,23). The van der Waals surface area contributed by atoms with Gasteiger partial charge in [-0.25, -0.2) is 14.5 Å². The Morgan fingerprint density at radius 1 is 0.726 bits per heavy atom. The zero-order chi connectivity index (χ0) is 43.0. The number of para-hydroxylation sites is 1. The normalized spacial score (nSPS) is 10.9. The van der Waals surface area contributed by atoms with Crippen LogP contribution in [-0.2, 0) is 17.8 Å². The van der Waals surface area contributed by atoms with E-state index in [2.05, 4.69) is 70.5 Å². The highest BCUT2D eigenvalue weighted by molar-refractivity contribution is 6.31. The number of hydrogen-bond donors (Lipinski definition) is 2. The molecule has 2 N–H and O–H groups in total. The molecule has 308 valence electrons. The first-order chi connectivity index (χ1) is 30.3. The van der Waals surface area contributed by atoms with Gasteiger partial charge in [0.1, 0.15) is 23.8 Å². The van der Waals surface area contributed by atoms with E-state index in [0.717, 1.165) is 62.4 Å². The highest BCUT2D eigenvalue weighted by atomic mass is 35.5. The summed E-state index contributed by atoms with van der Waals surface area (Å²) in [5.41, 5.74) is 10.2. The van der Waals surface area contributed by atoms with Crippen molar-refractivity contribution in [3.05, 3.63) is 196 Å². The lowest BCUT2D eigenvalue weighted by atomic mass is 9.97. The molecule has 0 bridgehead atoms. The van der Waals surface area contributed by atoms with E-state index in [-0.39, 0.29) is 18.8 Å². The number of aromatic nitrogens is 6. The molecule has 0 aliphatic carbocycles. The second-order valence-corrected chi connectivity index (χ2v) is 14.6. The van der Waals surface area contributed by atoms with Gasteiger partial charge in [0.05, 0.1) is 17.1 Å². The fourth-order valence-corrected chi connectivity index (χ4v) is 7.27. The van der Waals surface area contributed by atoms with Crippen LogP contribution in [0.1, 0.15) is 23.9 Å². The van der Waals surface area contributed by atoms with Crippen molar-refractivity contribution in [2.45, 2.75) is 26.9 Å². The number of aliphatic carboxylic acids is 1. The predicted molar refractivity (Wildman–Crippen MR) is 242 cm³/mol. The lowest BCUT2D eigenvalue weighted by Gasteiger charge is -2.14. The molecule has 0 aliphatic rings. The number of nitrogens with zero attached hydrogens (tertiary/aromatic N) is 5. The number of carboxylic acids is 1. The molecule has 3 heterocycles. The van der Waals surface area contributed by atoms with Crippen LogP contribution < -0.4 is 15.0 Å². The second-order valence-electron chi connectivity index (χ2n) is 14.2. The van der Waals surface area contributed by atoms with E-state index >= 15 is 0 Å². The van der Waals surface area contributed by atoms with Crippen molar-refractivity contribution in [2.75, 3.05) is 6.61 Å². The van der Waals surface area contributed by atoms with Gasteiger partial charge in [-0.1, -0.05) is 146 Å². The molecule has 0 unspecified atom stereocenters. The number of fused-ring (bicyclic) bond motifs is 1. The van der Waals surface area contributed by atoms with Gasteiger partial charge in [0.2, 0.25) is 0 Å². The van der Waals surface area contributed by atoms with E-state index in [1.54, 1.807) is 12.1 Å². The summed E-state index contributed by atoms with van der Waals surface area (Å²) in [7, 11) is 0. The third kappa shape index (κ3) is 9.03. The van der Waals surface area contributed by atoms with Gasteiger partial charge in [-0.15, -0.1) is 0 Å². The quantitative estimate of drug-likeness (QED) is 0.124. The van der Waals surface area contributed by atoms with Gasteiger partial charge in [-0.3, -0.25) is 9.89 Å². The van der Waals surface area contributed by atoms with Crippen LogP contribution in [0.25, 0.3) is 56.4 Å². The van der Waals surface area contributed by atoms with Gasteiger partial charge in [-0.05, 0) is 54.8 Å². The lowest BCUT2D eigenvalue weighted by Crippen LogP contribution is -2.16. The summed E-state index contributed by atoms with van der Waals surface area (Å²) < 4.78 is 14.6. The number of carbonyl (C=O) groups is 1. The Morgan fingerprint density at radius 3 is 2.08 bits per heavy atom. The van der Waals surface area contributed by atoms with Crippen molar-refractivity contribution in [1.82, 2.24) is 29.4 Å². The van der Waals surface area contributed by atoms with Gasteiger partial charge >= 0.3 is 5.97 Å². The molecular weight excluding hydrogens is 800 g/mol. The Balaban J connectivity index is 0.000000180. The van der Waals surface area contributed by atoms with Gasteiger partial charge in [0, 0.05) is 38.9 Å². The second kappa shape index (κ2) is 18.7. The summed E-state index contributed by atoms with van der Waals surface area (Å²) in [5, 5.41) is 17.8. The van der Waals surface area contributed by atoms with Crippen LogP contribution in [-0.4, -0.2) is 47.0 Å². The molecule has 0 saturated heterocycles. The molecule has 11 nitrogen and oxygen atoms in total. The minimum absolute atomic E-state index is 0.153. The van der Waals surface area contributed by atoms with Crippen molar-refractivity contribution in [2.24, 2.45) is 0 Å². The molecule has 9 aromatic rings. The molecule has 62 heavy (non-hydrogen) atoms. The van der Waals surface area contributed by atoms with E-state index in [1.807, 2.05) is 109 Å². The third-order valence-electron chi connectivity index (χ3n) is 10.1. The van der Waals surface area contributed by atoms with E-state index in [4.69, 9.17) is 31.3 Å². The van der Waals surface area contributed by atoms with Gasteiger partial charge < -0.3 is 14.6 Å². The Kier molecular flexibility index (Phi) is 12.3. The largest absolute Gasteiger partial charge is 0.487 e. The van der Waals surface area contributed by atoms with Crippen molar-refractivity contribution >= 4 is 23.3 Å². The summed E-state index contributed by atoms with van der Waals surface area (Å²) in [6.07, 6.45) is 0.792. The first-order valence-electron chi connectivity index (χ1n) is 20.0. The van der Waals surface area contributed by atoms with Crippen LogP contribution in [0.2, 0.25) is 5.02 Å². The first kappa shape index (κ1) is 41.0. The Bertz CT molecular complexity index is 3040. The van der Waals surface area contributed by atoms with Crippen molar-refractivity contribution in [3.63, 3.8) is 0 Å². The number of ether oxygens (including phenoxy) is 2. The van der Waals surface area contributed by atoms with Crippen molar-refractivity contribution in [1.29, 1.82) is 0 Å². The minimum Gasteiger partial charge on any atom is -0.487 e. The van der Waals surface area contributed by atoms with Crippen molar-refractivity contribution in [3.8, 4) is 62.1 Å². The summed E-state index contributed by atoms with van der Waals surface area (Å²) in [6.45, 7) is 3.80. The molecule has 0 saturated carbocycles. The molecule has 0 spiro atoms. The third-order valence-corrected chi connectivity index (χ3v) is 10.5. The highest BCUT2D eigenvalue weighted by Crippen LogP contribution is 2.38. The fourth-order valence-electron chi connectivity index (χ4n) is 7.11. The number of rotatable bonds is 12. The number of aromatic amines is 1. The van der Waals surface area contributed by atoms with Crippen LogP contribution in [0.15, 0.2) is 169 Å². The monoisotopic (exact) mass is 840 g/mol. The van der Waals surface area contributed by atoms with E-state index in [0.29, 0.717) is 33.8 Å². The average molecular weight is 841 g/mol. The zero-order valence-corrected chi connectivity index (χ0v) is 34.7. The van der Waals surface area contributed by atoms with Crippen LogP contribution in [0.3, 0.4) is 0 Å². The summed E-state index contributed by atoms with van der Waals surface area (Å²) >= 11 is 6.10. The van der Waals surface area contributed by atoms with Gasteiger partial charge in [-0.2, -0.15) is 14.6 Å². The van der Waals surface area contributed by atoms with Crippen LogP contribution in [0, 0.1) is 6.92 Å². The molecular formula is C50H41ClN6O5. The van der Waals surface area contributed by atoms with E-state index < -0.39 is 5.97 Å². The fraction of sp³-hybridized carbons (Fsp3) is 0.100. The van der Waals surface area contributed by atoms with Crippen molar-refractivity contribution < 1.29 is 19.4 Å². The molecule has 9 rings (SSSR count). The number of benzene rings is 6. The van der Waals surface area contributed by atoms with Gasteiger partial charge in [0.25, 0.3) is 11.3 Å². The maximum Gasteiger partial charge on any atom is 0.341 e. The summed E-state index contributed by atoms with van der Waals surface area (Å²) in [6, 6.07) is 52.7. The molecule has 0 fully saturated rings. The zero-order valence-electron chi connectivity index (χ0n) is 33.9. The first-order valence-corrected chi connectivity index (χ1v) is 20.3. The molecule has 3 aromatic heterocycles. The van der Waals surface area contributed by atoms with E-state index in [9.17, 15) is 9.59 Å². The number of carboxylic acid groups (broad SMARTS) is 1. The number of halogens is 1. The number of nitrogens with one attached hydrogen (secondary N) is 1. The molecule has 0 atom stereocenters. The maximum atomic E-state index is 12.4. The molecule has 6 aromatic carbocycles. The minimum atomic E-state index is -1.01. The Hall–Kier alpha value is -7.76. The maximum absolute atomic E-state index is 12.4. The SMILES string of the molecule is CCc1c(-c2ccccc2)c(-c2ccccc2)nn1-c1ccccc1-c1cccc(OCC(=O)O)c1.Cc1c(Cl)cccc1OCc1cc(=O)n2[nH]c(-c3ccccc3)nc2n1. The van der Waals surface area contributed by atoms with Gasteiger partial charge in [0.15, 0.2) is 12.4 Å². The summed E-state index contributed by atoms with van der Waals surface area (Å²) in [5.74, 6) is 1.05.